The Morgan fingerprint density at radius 2 is 1.94 bits per heavy atom. The highest BCUT2D eigenvalue weighted by Crippen LogP contribution is 2.58. The largest absolute Gasteiger partial charge is 0.393 e. The summed E-state index contributed by atoms with van der Waals surface area (Å²) in [5.74, 6) is 1.14. The highest BCUT2D eigenvalue weighted by atomic mass is 16.5. The van der Waals surface area contributed by atoms with Crippen molar-refractivity contribution in [1.82, 2.24) is 0 Å². The van der Waals surface area contributed by atoms with Gasteiger partial charge in [0.05, 0.1) is 23.9 Å². The maximum Gasteiger partial charge on any atom is 0.0811 e. The zero-order valence-electron chi connectivity index (χ0n) is 21.5. The van der Waals surface area contributed by atoms with E-state index in [9.17, 15) is 15.3 Å². The van der Waals surface area contributed by atoms with Crippen molar-refractivity contribution in [3.05, 3.63) is 35.5 Å². The van der Waals surface area contributed by atoms with Gasteiger partial charge in [-0.1, -0.05) is 45.1 Å². The SMILES string of the molecule is C=C1C(=CC=C2CCC[C@@]3(C)C2CC[C@@H]3[C@H](C)OCCCC(O)(CC)CC)C[C@@H](O)C[C@@H]1O. The van der Waals surface area contributed by atoms with Crippen molar-refractivity contribution in [2.45, 2.75) is 122 Å². The van der Waals surface area contributed by atoms with Crippen LogP contribution in [0.1, 0.15) is 98.3 Å². The van der Waals surface area contributed by atoms with Gasteiger partial charge in [-0.15, -0.1) is 0 Å². The van der Waals surface area contributed by atoms with Crippen LogP contribution in [0.15, 0.2) is 35.5 Å². The number of fused-ring (bicyclic) bond motifs is 1. The van der Waals surface area contributed by atoms with Crippen LogP contribution in [0, 0.1) is 17.3 Å². The minimum atomic E-state index is -0.630. The van der Waals surface area contributed by atoms with Crippen LogP contribution >= 0.6 is 0 Å². The smallest absolute Gasteiger partial charge is 0.0811 e. The maximum absolute atomic E-state index is 10.5. The molecule has 0 heterocycles. The summed E-state index contributed by atoms with van der Waals surface area (Å²) in [5.41, 5.74) is 3.00. The van der Waals surface area contributed by atoms with Crippen molar-refractivity contribution in [3.8, 4) is 0 Å². The fourth-order valence-corrected chi connectivity index (χ4v) is 6.91. The lowest BCUT2D eigenvalue weighted by molar-refractivity contribution is -0.0365. The average molecular weight is 461 g/mol. The Kier molecular flexibility index (Phi) is 9.05. The summed E-state index contributed by atoms with van der Waals surface area (Å²) in [7, 11) is 0. The van der Waals surface area contributed by atoms with Crippen molar-refractivity contribution in [3.63, 3.8) is 0 Å². The molecule has 0 saturated heterocycles. The number of rotatable bonds is 9. The van der Waals surface area contributed by atoms with E-state index in [-0.39, 0.29) is 11.5 Å². The molecule has 3 N–H and O–H groups in total. The molecule has 0 aromatic rings. The van der Waals surface area contributed by atoms with Gasteiger partial charge in [-0.05, 0) is 99.5 Å². The van der Waals surface area contributed by atoms with Gasteiger partial charge in [0.15, 0.2) is 0 Å². The van der Waals surface area contributed by atoms with Gasteiger partial charge in [0, 0.05) is 13.0 Å². The Balaban J connectivity index is 1.62. The van der Waals surface area contributed by atoms with Crippen molar-refractivity contribution >= 4 is 0 Å². The molecule has 4 heteroatoms. The first-order valence-electron chi connectivity index (χ1n) is 13.4. The molecule has 0 bridgehead atoms. The van der Waals surface area contributed by atoms with Crippen LogP contribution < -0.4 is 0 Å². The molecule has 1 unspecified atom stereocenters. The average Bonchev–Trinajstić information content (AvgIpc) is 3.15. The molecule has 3 aliphatic rings. The van der Waals surface area contributed by atoms with Gasteiger partial charge in [-0.2, -0.15) is 0 Å². The molecule has 0 aromatic heterocycles. The predicted molar refractivity (Wildman–Crippen MR) is 135 cm³/mol. The lowest BCUT2D eigenvalue weighted by atomic mass is 9.62. The minimum absolute atomic E-state index is 0.234. The van der Waals surface area contributed by atoms with Crippen LogP contribution in [0.5, 0.6) is 0 Å². The van der Waals surface area contributed by atoms with Crippen LogP contribution in [0.25, 0.3) is 0 Å². The van der Waals surface area contributed by atoms with Gasteiger partial charge in [0.2, 0.25) is 0 Å². The molecule has 3 fully saturated rings. The Bertz CT molecular complexity index is 734. The normalized spacial score (nSPS) is 36.4. The van der Waals surface area contributed by atoms with Crippen molar-refractivity contribution in [1.29, 1.82) is 0 Å². The highest BCUT2D eigenvalue weighted by Gasteiger charge is 2.51. The van der Waals surface area contributed by atoms with E-state index in [1.807, 2.05) is 0 Å². The number of aliphatic hydroxyl groups excluding tert-OH is 2. The van der Waals surface area contributed by atoms with Crippen molar-refractivity contribution in [2.75, 3.05) is 6.61 Å². The third-order valence-electron chi connectivity index (χ3n) is 9.35. The molecule has 0 amide bonds. The summed E-state index contributed by atoms with van der Waals surface area (Å²) in [6.45, 7) is 13.6. The molecule has 3 rings (SSSR count). The number of hydrogen-bond donors (Lipinski definition) is 3. The summed E-state index contributed by atoms with van der Waals surface area (Å²) in [4.78, 5) is 0. The van der Waals surface area contributed by atoms with E-state index in [0.29, 0.717) is 24.7 Å². The summed E-state index contributed by atoms with van der Waals surface area (Å²) in [6.07, 6.45) is 13.8. The lowest BCUT2D eigenvalue weighted by Crippen LogP contribution is -2.39. The zero-order valence-corrected chi connectivity index (χ0v) is 21.5. The second kappa shape index (κ2) is 11.2. The fraction of sp³-hybridized carbons (Fsp3) is 0.793. The molecule has 0 radical (unpaired) electrons. The first-order valence-corrected chi connectivity index (χ1v) is 13.4. The van der Waals surface area contributed by atoms with Crippen LogP contribution in [0.3, 0.4) is 0 Å². The predicted octanol–water partition coefficient (Wildman–Crippen LogP) is 5.86. The van der Waals surface area contributed by atoms with Crippen LogP contribution in [-0.2, 0) is 4.74 Å². The summed E-state index contributed by atoms with van der Waals surface area (Å²) in [6, 6.07) is 0. The highest BCUT2D eigenvalue weighted by molar-refractivity contribution is 5.38. The Labute approximate surface area is 201 Å². The van der Waals surface area contributed by atoms with E-state index in [1.54, 1.807) is 0 Å². The van der Waals surface area contributed by atoms with E-state index in [4.69, 9.17) is 4.74 Å². The van der Waals surface area contributed by atoms with E-state index in [0.717, 1.165) is 49.9 Å². The molecule has 0 aliphatic heterocycles. The van der Waals surface area contributed by atoms with Crippen molar-refractivity contribution < 1.29 is 20.1 Å². The molecule has 188 valence electrons. The molecule has 33 heavy (non-hydrogen) atoms. The van der Waals surface area contributed by atoms with E-state index >= 15 is 0 Å². The first kappa shape index (κ1) is 26.7. The van der Waals surface area contributed by atoms with Gasteiger partial charge < -0.3 is 20.1 Å². The maximum atomic E-state index is 10.5. The summed E-state index contributed by atoms with van der Waals surface area (Å²) in [5, 5.41) is 30.7. The van der Waals surface area contributed by atoms with Crippen molar-refractivity contribution in [2.24, 2.45) is 17.3 Å². The first-order chi connectivity index (χ1) is 15.6. The molecular formula is C29H48O4. The third-order valence-corrected chi connectivity index (χ3v) is 9.35. The third kappa shape index (κ3) is 6.01. The van der Waals surface area contributed by atoms with E-state index in [1.165, 1.54) is 31.3 Å². The number of ether oxygens (including phenoxy) is 1. The van der Waals surface area contributed by atoms with E-state index < -0.39 is 17.8 Å². The monoisotopic (exact) mass is 460 g/mol. The van der Waals surface area contributed by atoms with Crippen LogP contribution in [0.4, 0.5) is 0 Å². The minimum Gasteiger partial charge on any atom is -0.393 e. The quantitative estimate of drug-likeness (QED) is 0.377. The molecule has 0 spiro atoms. The van der Waals surface area contributed by atoms with Gasteiger partial charge in [0.25, 0.3) is 0 Å². The fourth-order valence-electron chi connectivity index (χ4n) is 6.91. The molecule has 4 nitrogen and oxygen atoms in total. The van der Waals surface area contributed by atoms with Gasteiger partial charge in [-0.3, -0.25) is 0 Å². The molecular weight excluding hydrogens is 412 g/mol. The molecule has 3 saturated carbocycles. The Hall–Kier alpha value is -0.940. The lowest BCUT2D eigenvalue weighted by Gasteiger charge is -2.44. The number of hydrogen-bond acceptors (Lipinski definition) is 4. The second-order valence-electron chi connectivity index (χ2n) is 11.3. The molecule has 6 atom stereocenters. The van der Waals surface area contributed by atoms with E-state index in [2.05, 4.69) is 46.4 Å². The number of allylic oxidation sites excluding steroid dienone is 3. The Morgan fingerprint density at radius 3 is 2.64 bits per heavy atom. The summed E-state index contributed by atoms with van der Waals surface area (Å²) < 4.78 is 6.34. The summed E-state index contributed by atoms with van der Waals surface area (Å²) >= 11 is 0. The Morgan fingerprint density at radius 1 is 1.21 bits per heavy atom. The number of aliphatic hydroxyl groups is 3. The topological polar surface area (TPSA) is 69.9 Å². The molecule has 0 aromatic carbocycles. The molecule has 3 aliphatic carbocycles. The van der Waals surface area contributed by atoms with Gasteiger partial charge >= 0.3 is 0 Å². The van der Waals surface area contributed by atoms with Crippen LogP contribution in [0.2, 0.25) is 0 Å². The van der Waals surface area contributed by atoms with Gasteiger partial charge in [-0.25, -0.2) is 0 Å². The van der Waals surface area contributed by atoms with Crippen LogP contribution in [-0.4, -0.2) is 45.8 Å². The van der Waals surface area contributed by atoms with Gasteiger partial charge in [0.1, 0.15) is 0 Å². The standard InChI is InChI=1S/C29H48O4/c1-6-29(32,7-2)16-9-17-33-21(4)25-13-14-26-22(10-8-15-28(25,26)5)11-12-23-18-24(30)19-27(31)20(23)3/h11-12,21,24-27,30-32H,3,6-10,13-19H2,1-2,4-5H3/t21-,24+,25+,26?,27-,28+/m0/s1. The zero-order chi connectivity index (χ0) is 24.2. The second-order valence-corrected chi connectivity index (χ2v) is 11.3.